The second-order valence-corrected chi connectivity index (χ2v) is 6.50. The average Bonchev–Trinajstić information content (AvgIpc) is 2.88. The van der Waals surface area contributed by atoms with E-state index in [9.17, 15) is 18.7 Å². The molecule has 23 heavy (non-hydrogen) atoms. The highest BCUT2D eigenvalue weighted by atomic mass is 32.1. The second-order valence-electron chi connectivity index (χ2n) is 5.23. The minimum Gasteiger partial charge on any atom is -0.383 e. The van der Waals surface area contributed by atoms with Crippen molar-refractivity contribution in [3.05, 3.63) is 57.6 Å². The normalized spacial score (nSPS) is 14.0. The van der Waals surface area contributed by atoms with Crippen LogP contribution in [0.15, 0.2) is 30.5 Å². The van der Waals surface area contributed by atoms with Crippen molar-refractivity contribution in [2.24, 2.45) is 0 Å². The number of nitrogens with zero attached hydrogens (tertiary/aromatic N) is 1. The molecule has 7 heteroatoms. The van der Waals surface area contributed by atoms with Crippen LogP contribution in [0.5, 0.6) is 0 Å². The van der Waals surface area contributed by atoms with Crippen LogP contribution < -0.4 is 5.32 Å². The molecule has 1 aromatic heterocycles. The van der Waals surface area contributed by atoms with Crippen LogP contribution in [-0.4, -0.2) is 22.5 Å². The predicted octanol–water partition coefficient (Wildman–Crippen LogP) is 2.77. The highest BCUT2D eigenvalue weighted by Gasteiger charge is 2.27. The predicted molar refractivity (Wildman–Crippen MR) is 84.8 cm³/mol. The molecule has 0 aliphatic rings. The second kappa shape index (κ2) is 6.97. The lowest BCUT2D eigenvalue weighted by molar-refractivity contribution is -0.117. The molecule has 0 saturated heterocycles. The van der Waals surface area contributed by atoms with Gasteiger partial charge in [-0.2, -0.15) is 0 Å². The number of thiazole rings is 1. The molecular weight excluding hydrogens is 322 g/mol. The topological polar surface area (TPSA) is 62.2 Å². The minimum absolute atomic E-state index is 0.0822. The Hall–Kier alpha value is -2.12. The molecule has 0 aliphatic carbocycles. The zero-order chi connectivity index (χ0) is 17.0. The number of aryl methyl sites for hydroxylation is 1. The SMILES string of the molecule is Cc1ncc(/C=C/C(=O)NC[C@](C)(O)c2ccc(F)cc2F)s1. The van der Waals surface area contributed by atoms with E-state index in [1.165, 1.54) is 24.3 Å². The maximum Gasteiger partial charge on any atom is 0.244 e. The van der Waals surface area contributed by atoms with Gasteiger partial charge < -0.3 is 10.4 Å². The standard InChI is InChI=1S/C16H16F2N2O2S/c1-10-19-8-12(23-10)4-6-15(21)20-9-16(2,22)13-5-3-11(17)7-14(13)18/h3-8,22H,9H2,1-2H3,(H,20,21)/b6-4+/t16-/m0/s1. The number of hydrogen-bond acceptors (Lipinski definition) is 4. The Labute approximate surface area is 136 Å². The van der Waals surface area contributed by atoms with E-state index in [-0.39, 0.29) is 12.1 Å². The van der Waals surface area contributed by atoms with E-state index in [0.29, 0.717) is 6.07 Å². The third-order valence-corrected chi connectivity index (χ3v) is 4.03. The highest BCUT2D eigenvalue weighted by molar-refractivity contribution is 7.12. The molecule has 1 aromatic carbocycles. The summed E-state index contributed by atoms with van der Waals surface area (Å²) in [5.41, 5.74) is -1.73. The van der Waals surface area contributed by atoms with Gasteiger partial charge in [0.2, 0.25) is 5.91 Å². The van der Waals surface area contributed by atoms with Crippen molar-refractivity contribution in [2.45, 2.75) is 19.4 Å². The van der Waals surface area contributed by atoms with Crippen LogP contribution in [0, 0.1) is 18.6 Å². The smallest absolute Gasteiger partial charge is 0.244 e. The summed E-state index contributed by atoms with van der Waals surface area (Å²) in [6, 6.07) is 2.91. The van der Waals surface area contributed by atoms with Gasteiger partial charge in [-0.1, -0.05) is 6.07 Å². The number of nitrogens with one attached hydrogen (secondary N) is 1. The molecule has 0 radical (unpaired) electrons. The van der Waals surface area contributed by atoms with E-state index in [1.807, 2.05) is 6.92 Å². The maximum absolute atomic E-state index is 13.7. The molecule has 0 fully saturated rings. The van der Waals surface area contributed by atoms with Gasteiger partial charge in [0.15, 0.2) is 0 Å². The minimum atomic E-state index is -1.65. The molecule has 1 heterocycles. The summed E-state index contributed by atoms with van der Waals surface area (Å²) in [5.74, 6) is -2.02. The zero-order valence-corrected chi connectivity index (χ0v) is 13.5. The first-order valence-corrected chi connectivity index (χ1v) is 7.66. The summed E-state index contributed by atoms with van der Waals surface area (Å²) in [6.07, 6.45) is 4.56. The van der Waals surface area contributed by atoms with Crippen LogP contribution >= 0.6 is 11.3 Å². The third kappa shape index (κ3) is 4.67. The van der Waals surface area contributed by atoms with Gasteiger partial charge in [-0.25, -0.2) is 13.8 Å². The number of amides is 1. The Morgan fingerprint density at radius 1 is 1.48 bits per heavy atom. The average molecular weight is 338 g/mol. The van der Waals surface area contributed by atoms with E-state index < -0.39 is 23.1 Å². The summed E-state index contributed by atoms with van der Waals surface area (Å²) in [6.45, 7) is 3.00. The molecule has 4 nitrogen and oxygen atoms in total. The lowest BCUT2D eigenvalue weighted by atomic mass is 9.95. The lowest BCUT2D eigenvalue weighted by Crippen LogP contribution is -2.38. The van der Waals surface area contributed by atoms with Crippen molar-refractivity contribution in [2.75, 3.05) is 6.54 Å². The van der Waals surface area contributed by atoms with E-state index in [1.54, 1.807) is 12.3 Å². The molecule has 122 valence electrons. The Morgan fingerprint density at radius 3 is 2.83 bits per heavy atom. The van der Waals surface area contributed by atoms with Crippen LogP contribution in [-0.2, 0) is 10.4 Å². The summed E-state index contributed by atoms with van der Waals surface area (Å²) < 4.78 is 26.6. The van der Waals surface area contributed by atoms with E-state index in [2.05, 4.69) is 10.3 Å². The molecule has 2 rings (SSSR count). The third-order valence-electron chi connectivity index (χ3n) is 3.16. The van der Waals surface area contributed by atoms with E-state index >= 15 is 0 Å². The monoisotopic (exact) mass is 338 g/mol. The first-order valence-electron chi connectivity index (χ1n) is 6.84. The van der Waals surface area contributed by atoms with Gasteiger partial charge in [0.1, 0.15) is 17.2 Å². The van der Waals surface area contributed by atoms with Gasteiger partial charge in [0, 0.05) is 28.8 Å². The molecule has 0 aliphatic heterocycles. The highest BCUT2D eigenvalue weighted by Crippen LogP contribution is 2.23. The van der Waals surface area contributed by atoms with Crippen LogP contribution in [0.1, 0.15) is 22.4 Å². The quantitative estimate of drug-likeness (QED) is 0.824. The van der Waals surface area contributed by atoms with E-state index in [0.717, 1.165) is 22.0 Å². The van der Waals surface area contributed by atoms with Gasteiger partial charge in [-0.15, -0.1) is 11.3 Å². The molecule has 0 spiro atoms. The Balaban J connectivity index is 1.98. The molecule has 1 amide bonds. The van der Waals surface area contributed by atoms with Crippen LogP contribution in [0.2, 0.25) is 0 Å². The summed E-state index contributed by atoms with van der Waals surface area (Å²) >= 11 is 1.44. The van der Waals surface area contributed by atoms with Crippen molar-refractivity contribution in [3.63, 3.8) is 0 Å². The molecule has 0 saturated carbocycles. The van der Waals surface area contributed by atoms with Gasteiger partial charge in [0.05, 0.1) is 11.6 Å². The molecule has 0 bridgehead atoms. The van der Waals surface area contributed by atoms with Gasteiger partial charge in [0.25, 0.3) is 0 Å². The molecule has 0 unspecified atom stereocenters. The molecular formula is C16H16F2N2O2S. The van der Waals surface area contributed by atoms with Crippen LogP contribution in [0.4, 0.5) is 8.78 Å². The Morgan fingerprint density at radius 2 is 2.22 bits per heavy atom. The lowest BCUT2D eigenvalue weighted by Gasteiger charge is -2.24. The number of benzene rings is 1. The maximum atomic E-state index is 13.7. The Kier molecular flexibility index (Phi) is 5.23. The first kappa shape index (κ1) is 17.2. The zero-order valence-electron chi connectivity index (χ0n) is 12.6. The van der Waals surface area contributed by atoms with Gasteiger partial charge >= 0.3 is 0 Å². The van der Waals surface area contributed by atoms with E-state index in [4.69, 9.17) is 0 Å². The van der Waals surface area contributed by atoms with Crippen molar-refractivity contribution >= 4 is 23.3 Å². The number of aliphatic hydroxyl groups is 1. The number of aromatic nitrogens is 1. The fraction of sp³-hybridized carbons (Fsp3) is 0.250. The summed E-state index contributed by atoms with van der Waals surface area (Å²) in [4.78, 5) is 16.6. The molecule has 1 atom stereocenters. The number of carbonyl (C=O) groups is 1. The summed E-state index contributed by atoms with van der Waals surface area (Å²) in [5, 5.41) is 13.7. The fourth-order valence-corrected chi connectivity index (χ4v) is 2.64. The largest absolute Gasteiger partial charge is 0.383 e. The first-order chi connectivity index (χ1) is 10.8. The van der Waals surface area contributed by atoms with Crippen LogP contribution in [0.3, 0.4) is 0 Å². The summed E-state index contributed by atoms with van der Waals surface area (Å²) in [7, 11) is 0. The van der Waals surface area contributed by atoms with Crippen LogP contribution in [0.25, 0.3) is 6.08 Å². The number of carbonyl (C=O) groups excluding carboxylic acids is 1. The molecule has 2 N–H and O–H groups in total. The van der Waals surface area contributed by atoms with Gasteiger partial charge in [-0.05, 0) is 26.0 Å². The van der Waals surface area contributed by atoms with Gasteiger partial charge in [-0.3, -0.25) is 4.79 Å². The Bertz CT molecular complexity index is 741. The van der Waals surface area contributed by atoms with Crippen molar-refractivity contribution < 1.29 is 18.7 Å². The van der Waals surface area contributed by atoms with Crippen molar-refractivity contribution in [3.8, 4) is 0 Å². The molecule has 2 aromatic rings. The van der Waals surface area contributed by atoms with Crippen molar-refractivity contribution in [1.29, 1.82) is 0 Å². The van der Waals surface area contributed by atoms with Crippen molar-refractivity contribution in [1.82, 2.24) is 10.3 Å². The fourth-order valence-electron chi connectivity index (χ4n) is 1.95. The number of hydrogen-bond donors (Lipinski definition) is 2. The number of rotatable bonds is 5. The number of halogens is 2.